The van der Waals surface area contributed by atoms with Gasteiger partial charge in [-0.15, -0.1) is 0 Å². The van der Waals surface area contributed by atoms with Crippen molar-refractivity contribution in [2.45, 2.75) is 45.4 Å². The van der Waals surface area contributed by atoms with Crippen molar-refractivity contribution in [1.29, 1.82) is 0 Å². The van der Waals surface area contributed by atoms with Gasteiger partial charge >= 0.3 is 0 Å². The molecular formula is C17H28N4O. The summed E-state index contributed by atoms with van der Waals surface area (Å²) in [6.07, 6.45) is 8.92. The molecule has 5 heteroatoms. The van der Waals surface area contributed by atoms with Crippen LogP contribution in [0.15, 0.2) is 16.2 Å². The van der Waals surface area contributed by atoms with E-state index < -0.39 is 0 Å². The molecule has 0 spiro atoms. The van der Waals surface area contributed by atoms with Crippen molar-refractivity contribution in [2.75, 3.05) is 32.7 Å². The predicted octanol–water partition coefficient (Wildman–Crippen LogP) is 2.20. The van der Waals surface area contributed by atoms with Crippen LogP contribution in [-0.4, -0.2) is 47.8 Å². The monoisotopic (exact) mass is 304 g/mol. The predicted molar refractivity (Wildman–Crippen MR) is 86.7 cm³/mol. The largest absolute Gasteiger partial charge is 0.339 e. The molecule has 22 heavy (non-hydrogen) atoms. The molecule has 3 rings (SSSR count). The Bertz CT molecular complexity index is 489. The molecule has 0 amide bonds. The Morgan fingerprint density at radius 2 is 2.23 bits per heavy atom. The van der Waals surface area contributed by atoms with Crippen LogP contribution >= 0.6 is 0 Å². The number of hydrogen-bond acceptors (Lipinski definition) is 5. The van der Waals surface area contributed by atoms with Crippen LogP contribution in [0.3, 0.4) is 0 Å². The highest BCUT2D eigenvalue weighted by Crippen LogP contribution is 2.21. The molecule has 2 aliphatic rings. The van der Waals surface area contributed by atoms with Crippen molar-refractivity contribution >= 4 is 0 Å². The van der Waals surface area contributed by atoms with E-state index in [0.717, 1.165) is 50.0 Å². The van der Waals surface area contributed by atoms with E-state index in [2.05, 4.69) is 33.4 Å². The van der Waals surface area contributed by atoms with Crippen LogP contribution in [0.1, 0.15) is 44.3 Å². The molecule has 1 N–H and O–H groups in total. The minimum Gasteiger partial charge on any atom is -0.339 e. The summed E-state index contributed by atoms with van der Waals surface area (Å²) >= 11 is 0. The summed E-state index contributed by atoms with van der Waals surface area (Å²) in [5.41, 5.74) is 1.42. The highest BCUT2D eigenvalue weighted by molar-refractivity contribution is 5.11. The number of aromatic nitrogens is 2. The molecule has 5 nitrogen and oxygen atoms in total. The second-order valence-corrected chi connectivity index (χ2v) is 6.59. The lowest BCUT2D eigenvalue weighted by molar-refractivity contribution is 0.182. The lowest BCUT2D eigenvalue weighted by atomic mass is 9.93. The maximum Gasteiger partial charge on any atom is 0.230 e. The van der Waals surface area contributed by atoms with Crippen LogP contribution in [0.25, 0.3) is 0 Å². The molecule has 3 heterocycles. The van der Waals surface area contributed by atoms with E-state index in [-0.39, 0.29) is 0 Å². The van der Waals surface area contributed by atoms with E-state index in [1.165, 1.54) is 44.5 Å². The lowest BCUT2D eigenvalue weighted by Crippen LogP contribution is -2.34. The minimum atomic E-state index is 0.719. The summed E-state index contributed by atoms with van der Waals surface area (Å²) in [6, 6.07) is 0. The van der Waals surface area contributed by atoms with E-state index in [1.807, 2.05) is 0 Å². The first-order chi connectivity index (χ1) is 10.8. The molecule has 1 aromatic rings. The number of rotatable bonds is 6. The zero-order valence-corrected chi connectivity index (χ0v) is 13.7. The van der Waals surface area contributed by atoms with Crippen molar-refractivity contribution in [3.8, 4) is 0 Å². The highest BCUT2D eigenvalue weighted by Gasteiger charge is 2.21. The van der Waals surface area contributed by atoms with Gasteiger partial charge in [0, 0.05) is 19.4 Å². The third-order valence-corrected chi connectivity index (χ3v) is 4.76. The fraction of sp³-hybridized carbons (Fsp3) is 0.765. The Morgan fingerprint density at radius 3 is 2.95 bits per heavy atom. The maximum absolute atomic E-state index is 5.44. The van der Waals surface area contributed by atoms with Gasteiger partial charge < -0.3 is 14.7 Å². The molecule has 1 fully saturated rings. The van der Waals surface area contributed by atoms with Gasteiger partial charge in [0.05, 0.1) is 0 Å². The van der Waals surface area contributed by atoms with Crippen molar-refractivity contribution in [2.24, 2.45) is 5.92 Å². The third kappa shape index (κ3) is 4.40. The molecule has 0 saturated carbocycles. The van der Waals surface area contributed by atoms with Crippen molar-refractivity contribution < 1.29 is 4.52 Å². The fourth-order valence-electron chi connectivity index (χ4n) is 3.46. The topological polar surface area (TPSA) is 54.2 Å². The van der Waals surface area contributed by atoms with Gasteiger partial charge in [0.15, 0.2) is 5.82 Å². The molecule has 2 aliphatic heterocycles. The van der Waals surface area contributed by atoms with E-state index in [0.29, 0.717) is 0 Å². The van der Waals surface area contributed by atoms with E-state index >= 15 is 0 Å². The summed E-state index contributed by atoms with van der Waals surface area (Å²) < 4.78 is 5.44. The Balaban J connectivity index is 1.46. The van der Waals surface area contributed by atoms with Crippen LogP contribution in [-0.2, 0) is 12.8 Å². The summed E-state index contributed by atoms with van der Waals surface area (Å²) in [5.74, 6) is 2.40. The summed E-state index contributed by atoms with van der Waals surface area (Å²) in [4.78, 5) is 7.17. The average molecular weight is 304 g/mol. The second kappa shape index (κ2) is 7.88. The normalized spacial score (nSPS) is 21.0. The fourth-order valence-corrected chi connectivity index (χ4v) is 3.46. The number of piperidine rings is 1. The van der Waals surface area contributed by atoms with Crippen LogP contribution in [0.5, 0.6) is 0 Å². The van der Waals surface area contributed by atoms with Gasteiger partial charge in [-0.1, -0.05) is 23.7 Å². The van der Waals surface area contributed by atoms with E-state index in [4.69, 9.17) is 4.52 Å². The van der Waals surface area contributed by atoms with Gasteiger partial charge in [-0.25, -0.2) is 0 Å². The first kappa shape index (κ1) is 15.7. The SMILES string of the molecule is CCCN1CCC(Cc2noc(CC3=CCNCC3)n2)CC1. The van der Waals surface area contributed by atoms with Crippen LogP contribution in [0, 0.1) is 5.92 Å². The van der Waals surface area contributed by atoms with Gasteiger partial charge in [-0.05, 0) is 57.8 Å². The van der Waals surface area contributed by atoms with E-state index in [1.54, 1.807) is 0 Å². The third-order valence-electron chi connectivity index (χ3n) is 4.76. The van der Waals surface area contributed by atoms with Gasteiger partial charge in [-0.3, -0.25) is 0 Å². The van der Waals surface area contributed by atoms with Crippen LogP contribution < -0.4 is 5.32 Å². The number of nitrogens with zero attached hydrogens (tertiary/aromatic N) is 3. The van der Waals surface area contributed by atoms with Gasteiger partial charge in [0.1, 0.15) is 0 Å². The van der Waals surface area contributed by atoms with Crippen molar-refractivity contribution in [1.82, 2.24) is 20.4 Å². The Kier molecular flexibility index (Phi) is 5.62. The zero-order chi connectivity index (χ0) is 15.2. The zero-order valence-electron chi connectivity index (χ0n) is 13.7. The van der Waals surface area contributed by atoms with Crippen LogP contribution in [0.2, 0.25) is 0 Å². The van der Waals surface area contributed by atoms with Crippen LogP contribution in [0.4, 0.5) is 0 Å². The Morgan fingerprint density at radius 1 is 1.36 bits per heavy atom. The first-order valence-electron chi connectivity index (χ1n) is 8.76. The average Bonchev–Trinajstić information content (AvgIpc) is 2.98. The molecule has 122 valence electrons. The minimum absolute atomic E-state index is 0.719. The Labute approximate surface area is 133 Å². The molecule has 0 radical (unpaired) electrons. The standard InChI is InChI=1S/C17H28N4O/c1-2-9-21-10-5-15(6-11-21)12-16-19-17(22-20-16)13-14-3-7-18-8-4-14/h3,15,18H,2,4-13H2,1H3. The summed E-state index contributed by atoms with van der Waals surface area (Å²) in [5, 5.41) is 7.51. The molecule has 0 aliphatic carbocycles. The molecule has 0 aromatic carbocycles. The van der Waals surface area contributed by atoms with Crippen molar-refractivity contribution in [3.05, 3.63) is 23.4 Å². The maximum atomic E-state index is 5.44. The first-order valence-corrected chi connectivity index (χ1v) is 8.76. The number of likely N-dealkylation sites (tertiary alicyclic amines) is 1. The quantitative estimate of drug-likeness (QED) is 0.817. The van der Waals surface area contributed by atoms with E-state index in [9.17, 15) is 0 Å². The highest BCUT2D eigenvalue weighted by atomic mass is 16.5. The molecular weight excluding hydrogens is 276 g/mol. The lowest BCUT2D eigenvalue weighted by Gasteiger charge is -2.31. The summed E-state index contributed by atoms with van der Waals surface area (Å²) in [6.45, 7) is 7.97. The molecule has 1 aromatic heterocycles. The second-order valence-electron chi connectivity index (χ2n) is 6.59. The van der Waals surface area contributed by atoms with Crippen molar-refractivity contribution in [3.63, 3.8) is 0 Å². The molecule has 0 unspecified atom stereocenters. The molecule has 0 atom stereocenters. The summed E-state index contributed by atoms with van der Waals surface area (Å²) in [7, 11) is 0. The number of hydrogen-bond donors (Lipinski definition) is 1. The van der Waals surface area contributed by atoms with Gasteiger partial charge in [-0.2, -0.15) is 4.98 Å². The molecule has 1 saturated heterocycles. The molecule has 0 bridgehead atoms. The van der Waals surface area contributed by atoms with Gasteiger partial charge in [0.25, 0.3) is 0 Å². The Hall–Kier alpha value is -1.20. The smallest absolute Gasteiger partial charge is 0.230 e. The van der Waals surface area contributed by atoms with Gasteiger partial charge in [0.2, 0.25) is 5.89 Å². The number of nitrogens with one attached hydrogen (secondary N) is 1.